The van der Waals surface area contributed by atoms with E-state index in [0.717, 1.165) is 69.6 Å². The molecule has 0 aliphatic carbocycles. The molecule has 6 nitrogen and oxygen atoms in total. The zero-order valence-corrected chi connectivity index (χ0v) is 35.4. The highest BCUT2D eigenvalue weighted by Gasteiger charge is 2.19. The van der Waals surface area contributed by atoms with Crippen molar-refractivity contribution in [1.29, 1.82) is 0 Å². The largest absolute Gasteiger partial charge is 0.462 e. The smallest absolute Gasteiger partial charge is 0.306 e. The molecule has 0 saturated heterocycles. The number of rotatable bonds is 40. The number of hydrogen-bond donors (Lipinski definition) is 0. The van der Waals surface area contributed by atoms with Gasteiger partial charge >= 0.3 is 17.9 Å². The minimum Gasteiger partial charge on any atom is -0.462 e. The summed E-state index contributed by atoms with van der Waals surface area (Å²) in [6, 6.07) is 0. The first-order valence-electron chi connectivity index (χ1n) is 22.7. The summed E-state index contributed by atoms with van der Waals surface area (Å²) in [4.78, 5) is 37.6. The van der Waals surface area contributed by atoms with E-state index in [1.54, 1.807) is 0 Å². The Hall–Kier alpha value is -1.59. The first-order chi connectivity index (χ1) is 25.2. The molecule has 0 aliphatic heterocycles. The summed E-state index contributed by atoms with van der Waals surface area (Å²) >= 11 is 0. The molecule has 308 valence electrons. The van der Waals surface area contributed by atoms with E-state index in [0.29, 0.717) is 19.3 Å². The van der Waals surface area contributed by atoms with Gasteiger partial charge in [-0.05, 0) is 31.1 Å². The second-order valence-electron chi connectivity index (χ2n) is 16.6. The van der Waals surface area contributed by atoms with Gasteiger partial charge in [-0.3, -0.25) is 14.4 Å². The van der Waals surface area contributed by atoms with Gasteiger partial charge in [0.05, 0.1) is 0 Å². The van der Waals surface area contributed by atoms with Gasteiger partial charge in [-0.2, -0.15) is 0 Å². The van der Waals surface area contributed by atoms with Crippen molar-refractivity contribution in [3.63, 3.8) is 0 Å². The molecular formula is C46H88O6. The highest BCUT2D eigenvalue weighted by molar-refractivity contribution is 5.71. The van der Waals surface area contributed by atoms with Crippen LogP contribution in [0.2, 0.25) is 0 Å². The standard InChI is InChI=1S/C46H88O6/c1-6-7-8-9-10-11-16-21-26-31-36-44(47)50-39-43(40-51-45(48)37-32-27-23-18-20-25-30-35-42(4)5)52-46(49)38-33-28-22-17-14-12-13-15-19-24-29-34-41(2)3/h41-43H,6-40H2,1-5H3/t43-/m1/s1. The highest BCUT2D eigenvalue weighted by Crippen LogP contribution is 2.16. The number of hydrogen-bond acceptors (Lipinski definition) is 6. The maximum Gasteiger partial charge on any atom is 0.306 e. The molecule has 0 saturated carbocycles. The molecule has 0 N–H and O–H groups in total. The molecule has 0 fully saturated rings. The van der Waals surface area contributed by atoms with Crippen LogP contribution in [0.1, 0.15) is 247 Å². The van der Waals surface area contributed by atoms with Crippen LogP contribution in [-0.4, -0.2) is 37.2 Å². The zero-order valence-electron chi connectivity index (χ0n) is 35.4. The molecule has 0 aromatic rings. The fourth-order valence-electron chi connectivity index (χ4n) is 6.75. The minimum atomic E-state index is -0.760. The van der Waals surface area contributed by atoms with Crippen molar-refractivity contribution in [2.45, 2.75) is 253 Å². The van der Waals surface area contributed by atoms with Crippen LogP contribution < -0.4 is 0 Å². The van der Waals surface area contributed by atoms with Gasteiger partial charge in [0, 0.05) is 19.3 Å². The molecule has 0 unspecified atom stereocenters. The molecule has 0 aromatic carbocycles. The zero-order chi connectivity index (χ0) is 38.3. The van der Waals surface area contributed by atoms with Crippen molar-refractivity contribution in [2.24, 2.45) is 11.8 Å². The van der Waals surface area contributed by atoms with Crippen molar-refractivity contribution in [2.75, 3.05) is 13.2 Å². The van der Waals surface area contributed by atoms with E-state index in [-0.39, 0.29) is 31.1 Å². The molecule has 0 aromatic heterocycles. The quantitative estimate of drug-likeness (QED) is 0.0354. The predicted molar refractivity (Wildman–Crippen MR) is 220 cm³/mol. The normalized spacial score (nSPS) is 12.1. The molecular weight excluding hydrogens is 648 g/mol. The molecule has 0 radical (unpaired) electrons. The summed E-state index contributed by atoms with van der Waals surface area (Å²) in [5.41, 5.74) is 0. The van der Waals surface area contributed by atoms with E-state index in [9.17, 15) is 14.4 Å². The van der Waals surface area contributed by atoms with E-state index in [2.05, 4.69) is 34.6 Å². The first-order valence-corrected chi connectivity index (χ1v) is 22.7. The van der Waals surface area contributed by atoms with Crippen LogP contribution in [0.3, 0.4) is 0 Å². The summed E-state index contributed by atoms with van der Waals surface area (Å²) in [5.74, 6) is 0.745. The maximum absolute atomic E-state index is 12.7. The van der Waals surface area contributed by atoms with Gasteiger partial charge in [-0.15, -0.1) is 0 Å². The average Bonchev–Trinajstić information content (AvgIpc) is 3.11. The highest BCUT2D eigenvalue weighted by atomic mass is 16.6. The molecule has 0 heterocycles. The van der Waals surface area contributed by atoms with Gasteiger partial charge in [0.2, 0.25) is 0 Å². The van der Waals surface area contributed by atoms with E-state index in [1.807, 2.05) is 0 Å². The van der Waals surface area contributed by atoms with E-state index >= 15 is 0 Å². The second kappa shape index (κ2) is 39.1. The summed E-state index contributed by atoms with van der Waals surface area (Å²) in [5, 5.41) is 0. The van der Waals surface area contributed by atoms with Gasteiger partial charge in [-0.25, -0.2) is 0 Å². The number of ether oxygens (including phenoxy) is 3. The summed E-state index contributed by atoms with van der Waals surface area (Å²) in [7, 11) is 0. The molecule has 52 heavy (non-hydrogen) atoms. The van der Waals surface area contributed by atoms with Gasteiger partial charge in [-0.1, -0.05) is 208 Å². The molecule has 0 rings (SSSR count). The lowest BCUT2D eigenvalue weighted by Gasteiger charge is -2.18. The second-order valence-corrected chi connectivity index (χ2v) is 16.6. The van der Waals surface area contributed by atoms with Gasteiger partial charge in [0.15, 0.2) is 6.10 Å². The maximum atomic E-state index is 12.7. The number of carbonyl (C=O) groups excluding carboxylic acids is 3. The Labute approximate surface area is 323 Å². The van der Waals surface area contributed by atoms with Crippen LogP contribution in [0.15, 0.2) is 0 Å². The van der Waals surface area contributed by atoms with Gasteiger partial charge in [0.1, 0.15) is 13.2 Å². The monoisotopic (exact) mass is 737 g/mol. The SMILES string of the molecule is CCCCCCCCCCCCC(=O)OC[C@H](COC(=O)CCCCCCCCCC(C)C)OC(=O)CCCCCCCCCCCCCC(C)C. The number of esters is 3. The molecule has 6 heteroatoms. The lowest BCUT2D eigenvalue weighted by molar-refractivity contribution is -0.167. The van der Waals surface area contributed by atoms with E-state index in [1.165, 1.54) is 135 Å². The lowest BCUT2D eigenvalue weighted by Crippen LogP contribution is -2.30. The first kappa shape index (κ1) is 50.4. The fraction of sp³-hybridized carbons (Fsp3) is 0.935. The Morgan fingerprint density at radius 1 is 0.365 bits per heavy atom. The van der Waals surface area contributed by atoms with Gasteiger partial charge < -0.3 is 14.2 Å². The van der Waals surface area contributed by atoms with Crippen molar-refractivity contribution in [3.8, 4) is 0 Å². The summed E-state index contributed by atoms with van der Waals surface area (Å²) in [6.45, 7) is 11.3. The Kier molecular flexibility index (Phi) is 37.9. The molecule has 0 bridgehead atoms. The number of unbranched alkanes of at least 4 members (excludes halogenated alkanes) is 25. The van der Waals surface area contributed by atoms with Gasteiger partial charge in [0.25, 0.3) is 0 Å². The fourth-order valence-corrected chi connectivity index (χ4v) is 6.75. The van der Waals surface area contributed by atoms with Crippen LogP contribution in [0.25, 0.3) is 0 Å². The molecule has 0 amide bonds. The Balaban J connectivity index is 4.33. The predicted octanol–water partition coefficient (Wildman–Crippen LogP) is 14.2. The summed E-state index contributed by atoms with van der Waals surface area (Å²) < 4.78 is 16.7. The van der Waals surface area contributed by atoms with Crippen molar-refractivity contribution in [1.82, 2.24) is 0 Å². The van der Waals surface area contributed by atoms with Crippen LogP contribution in [0.5, 0.6) is 0 Å². The van der Waals surface area contributed by atoms with Crippen LogP contribution in [0, 0.1) is 11.8 Å². The average molecular weight is 737 g/mol. The molecule has 1 atom stereocenters. The third-order valence-electron chi connectivity index (χ3n) is 10.2. The van der Waals surface area contributed by atoms with Crippen LogP contribution >= 0.6 is 0 Å². The topological polar surface area (TPSA) is 78.9 Å². The van der Waals surface area contributed by atoms with E-state index in [4.69, 9.17) is 14.2 Å². The summed E-state index contributed by atoms with van der Waals surface area (Å²) in [6.07, 6.45) is 36.6. The third kappa shape index (κ3) is 39.6. The van der Waals surface area contributed by atoms with Crippen molar-refractivity contribution < 1.29 is 28.6 Å². The van der Waals surface area contributed by atoms with E-state index < -0.39 is 6.10 Å². The van der Waals surface area contributed by atoms with Crippen molar-refractivity contribution >= 4 is 17.9 Å². The Bertz CT molecular complexity index is 794. The minimum absolute atomic E-state index is 0.0653. The number of carbonyl (C=O) groups is 3. The van der Waals surface area contributed by atoms with Crippen LogP contribution in [0.4, 0.5) is 0 Å². The molecule has 0 spiro atoms. The lowest BCUT2D eigenvalue weighted by atomic mass is 10.0. The Morgan fingerprint density at radius 3 is 0.942 bits per heavy atom. The third-order valence-corrected chi connectivity index (χ3v) is 10.2. The molecule has 0 aliphatic rings. The van der Waals surface area contributed by atoms with Crippen LogP contribution in [-0.2, 0) is 28.6 Å². The Morgan fingerprint density at radius 2 is 0.635 bits per heavy atom. The van der Waals surface area contributed by atoms with Crippen molar-refractivity contribution in [3.05, 3.63) is 0 Å².